The SMILES string of the molecule is Cc1cc(Br)ccc1NC(=O)Cc1ccc(O)cc1. The fourth-order valence-electron chi connectivity index (χ4n) is 1.76. The van der Waals surface area contributed by atoms with E-state index in [1.165, 1.54) is 0 Å². The quantitative estimate of drug-likeness (QED) is 0.907. The maximum Gasteiger partial charge on any atom is 0.228 e. The molecule has 2 rings (SSSR count). The highest BCUT2D eigenvalue weighted by Crippen LogP contribution is 2.20. The van der Waals surface area contributed by atoms with E-state index in [0.717, 1.165) is 21.3 Å². The van der Waals surface area contributed by atoms with Crippen LogP contribution in [0.15, 0.2) is 46.9 Å². The van der Waals surface area contributed by atoms with Crippen LogP contribution < -0.4 is 5.32 Å². The van der Waals surface area contributed by atoms with Crippen molar-refractivity contribution in [3.05, 3.63) is 58.1 Å². The van der Waals surface area contributed by atoms with Gasteiger partial charge in [0.25, 0.3) is 0 Å². The molecular weight excluding hydrogens is 306 g/mol. The lowest BCUT2D eigenvalue weighted by molar-refractivity contribution is -0.115. The first-order valence-electron chi connectivity index (χ1n) is 5.88. The first kappa shape index (κ1) is 13.6. The van der Waals surface area contributed by atoms with E-state index in [1.54, 1.807) is 24.3 Å². The fourth-order valence-corrected chi connectivity index (χ4v) is 2.24. The number of anilines is 1. The summed E-state index contributed by atoms with van der Waals surface area (Å²) >= 11 is 3.39. The van der Waals surface area contributed by atoms with Crippen molar-refractivity contribution < 1.29 is 9.90 Å². The molecule has 0 unspecified atom stereocenters. The molecule has 1 amide bonds. The van der Waals surface area contributed by atoms with E-state index in [0.29, 0.717) is 0 Å². The molecule has 0 saturated carbocycles. The zero-order valence-corrected chi connectivity index (χ0v) is 12.1. The molecule has 0 fully saturated rings. The molecule has 0 aliphatic carbocycles. The van der Waals surface area contributed by atoms with Gasteiger partial charge in [0.1, 0.15) is 5.75 Å². The standard InChI is InChI=1S/C15H14BrNO2/c1-10-8-12(16)4-7-14(10)17-15(19)9-11-2-5-13(18)6-3-11/h2-8,18H,9H2,1H3,(H,17,19). The van der Waals surface area contributed by atoms with E-state index in [1.807, 2.05) is 25.1 Å². The summed E-state index contributed by atoms with van der Waals surface area (Å²) < 4.78 is 0.988. The lowest BCUT2D eigenvalue weighted by atomic mass is 10.1. The van der Waals surface area contributed by atoms with Crippen molar-refractivity contribution in [3.63, 3.8) is 0 Å². The highest BCUT2D eigenvalue weighted by Gasteiger charge is 2.06. The van der Waals surface area contributed by atoms with Crippen LogP contribution in [0.25, 0.3) is 0 Å². The van der Waals surface area contributed by atoms with Gasteiger partial charge in [0.15, 0.2) is 0 Å². The Balaban J connectivity index is 2.03. The number of aromatic hydroxyl groups is 1. The monoisotopic (exact) mass is 319 g/mol. The topological polar surface area (TPSA) is 49.3 Å². The lowest BCUT2D eigenvalue weighted by Gasteiger charge is -2.09. The van der Waals surface area contributed by atoms with Crippen molar-refractivity contribution in [1.29, 1.82) is 0 Å². The minimum absolute atomic E-state index is 0.0730. The van der Waals surface area contributed by atoms with Gasteiger partial charge in [-0.1, -0.05) is 28.1 Å². The number of halogens is 1. The Morgan fingerprint density at radius 1 is 1.21 bits per heavy atom. The molecule has 4 heteroatoms. The van der Waals surface area contributed by atoms with Gasteiger partial charge < -0.3 is 10.4 Å². The first-order chi connectivity index (χ1) is 9.04. The molecule has 0 spiro atoms. The first-order valence-corrected chi connectivity index (χ1v) is 6.68. The Hall–Kier alpha value is -1.81. The third-order valence-corrected chi connectivity index (χ3v) is 3.26. The van der Waals surface area contributed by atoms with Crippen molar-refractivity contribution in [2.45, 2.75) is 13.3 Å². The van der Waals surface area contributed by atoms with E-state index in [-0.39, 0.29) is 18.1 Å². The summed E-state index contributed by atoms with van der Waals surface area (Å²) in [7, 11) is 0. The van der Waals surface area contributed by atoms with E-state index >= 15 is 0 Å². The largest absolute Gasteiger partial charge is 0.508 e. The van der Waals surface area contributed by atoms with Crippen LogP contribution in [0.5, 0.6) is 5.75 Å². The maximum atomic E-state index is 11.9. The molecule has 0 atom stereocenters. The Bertz CT molecular complexity index is 594. The molecule has 0 saturated heterocycles. The summed E-state index contributed by atoms with van der Waals surface area (Å²) in [5.74, 6) is 0.129. The maximum absolute atomic E-state index is 11.9. The summed E-state index contributed by atoms with van der Waals surface area (Å²) in [4.78, 5) is 11.9. The lowest BCUT2D eigenvalue weighted by Crippen LogP contribution is -2.15. The Morgan fingerprint density at radius 2 is 1.89 bits per heavy atom. The fraction of sp³-hybridized carbons (Fsp3) is 0.133. The van der Waals surface area contributed by atoms with Crippen LogP contribution in [0, 0.1) is 6.92 Å². The number of carbonyl (C=O) groups excluding carboxylic acids is 1. The minimum atomic E-state index is -0.0730. The van der Waals surface area contributed by atoms with E-state index < -0.39 is 0 Å². The van der Waals surface area contributed by atoms with Crippen LogP contribution in [-0.2, 0) is 11.2 Å². The number of rotatable bonds is 3. The van der Waals surface area contributed by atoms with Crippen molar-refractivity contribution in [3.8, 4) is 5.75 Å². The van der Waals surface area contributed by atoms with Crippen molar-refractivity contribution >= 4 is 27.5 Å². The molecule has 0 aliphatic rings. The third kappa shape index (κ3) is 3.83. The van der Waals surface area contributed by atoms with Gasteiger partial charge in [-0.2, -0.15) is 0 Å². The van der Waals surface area contributed by atoms with Crippen molar-refractivity contribution in [1.82, 2.24) is 0 Å². The van der Waals surface area contributed by atoms with Gasteiger partial charge in [-0.15, -0.1) is 0 Å². The summed E-state index contributed by atoms with van der Waals surface area (Å²) in [6.07, 6.45) is 0.287. The number of carbonyl (C=O) groups is 1. The van der Waals surface area contributed by atoms with Crippen molar-refractivity contribution in [2.75, 3.05) is 5.32 Å². The van der Waals surface area contributed by atoms with Gasteiger partial charge in [-0.3, -0.25) is 4.79 Å². The third-order valence-electron chi connectivity index (χ3n) is 2.76. The second kappa shape index (κ2) is 5.89. The van der Waals surface area contributed by atoms with E-state index in [2.05, 4.69) is 21.2 Å². The number of amides is 1. The number of benzene rings is 2. The molecule has 98 valence electrons. The van der Waals surface area contributed by atoms with E-state index in [9.17, 15) is 9.90 Å². The molecule has 0 heterocycles. The summed E-state index contributed by atoms with van der Waals surface area (Å²) in [6, 6.07) is 12.3. The number of hydrogen-bond donors (Lipinski definition) is 2. The number of phenols is 1. The van der Waals surface area contributed by atoms with Gasteiger partial charge in [-0.25, -0.2) is 0 Å². The van der Waals surface area contributed by atoms with Gasteiger partial charge in [0.2, 0.25) is 5.91 Å². The summed E-state index contributed by atoms with van der Waals surface area (Å²) in [5.41, 5.74) is 2.69. The molecule has 2 aromatic rings. The van der Waals surface area contributed by atoms with Gasteiger partial charge in [-0.05, 0) is 48.4 Å². The highest BCUT2D eigenvalue weighted by atomic mass is 79.9. The number of nitrogens with one attached hydrogen (secondary N) is 1. The zero-order chi connectivity index (χ0) is 13.8. The molecule has 19 heavy (non-hydrogen) atoms. The molecule has 2 N–H and O–H groups in total. The summed E-state index contributed by atoms with van der Waals surface area (Å²) in [5, 5.41) is 12.1. The summed E-state index contributed by atoms with van der Waals surface area (Å²) in [6.45, 7) is 1.95. The molecule has 0 radical (unpaired) electrons. The molecule has 0 bridgehead atoms. The number of hydrogen-bond acceptors (Lipinski definition) is 2. The van der Waals surface area contributed by atoms with Crippen LogP contribution in [-0.4, -0.2) is 11.0 Å². The molecule has 2 aromatic carbocycles. The second-order valence-electron chi connectivity index (χ2n) is 4.35. The average Bonchev–Trinajstić information content (AvgIpc) is 2.36. The number of aryl methyl sites for hydroxylation is 1. The Labute approximate surface area is 120 Å². The molecular formula is C15H14BrNO2. The Morgan fingerprint density at radius 3 is 2.53 bits per heavy atom. The Kier molecular flexibility index (Phi) is 4.22. The second-order valence-corrected chi connectivity index (χ2v) is 5.27. The predicted molar refractivity (Wildman–Crippen MR) is 79.3 cm³/mol. The zero-order valence-electron chi connectivity index (χ0n) is 10.5. The van der Waals surface area contributed by atoms with Gasteiger partial charge in [0, 0.05) is 10.2 Å². The normalized spacial score (nSPS) is 10.2. The van der Waals surface area contributed by atoms with E-state index in [4.69, 9.17) is 0 Å². The predicted octanol–water partition coefficient (Wildman–Crippen LogP) is 3.64. The molecule has 0 aromatic heterocycles. The van der Waals surface area contributed by atoms with Crippen LogP contribution >= 0.6 is 15.9 Å². The van der Waals surface area contributed by atoms with Crippen LogP contribution in [0.3, 0.4) is 0 Å². The van der Waals surface area contributed by atoms with Crippen LogP contribution in [0.4, 0.5) is 5.69 Å². The smallest absolute Gasteiger partial charge is 0.228 e. The van der Waals surface area contributed by atoms with Crippen molar-refractivity contribution in [2.24, 2.45) is 0 Å². The minimum Gasteiger partial charge on any atom is -0.508 e. The average molecular weight is 320 g/mol. The highest BCUT2D eigenvalue weighted by molar-refractivity contribution is 9.10. The molecule has 0 aliphatic heterocycles. The van der Waals surface area contributed by atoms with Gasteiger partial charge >= 0.3 is 0 Å². The number of phenolic OH excluding ortho intramolecular Hbond substituents is 1. The van der Waals surface area contributed by atoms with Gasteiger partial charge in [0.05, 0.1) is 6.42 Å². The molecule has 3 nitrogen and oxygen atoms in total. The van der Waals surface area contributed by atoms with Crippen LogP contribution in [0.2, 0.25) is 0 Å². The van der Waals surface area contributed by atoms with Crippen LogP contribution in [0.1, 0.15) is 11.1 Å².